The normalized spacial score (nSPS) is 14.8. The van der Waals surface area contributed by atoms with Crippen LogP contribution in [-0.2, 0) is 0 Å². The van der Waals surface area contributed by atoms with Crippen LogP contribution in [0.3, 0.4) is 0 Å². The fourth-order valence-electron chi connectivity index (χ4n) is 1.40. The van der Waals surface area contributed by atoms with Crippen LogP contribution in [0, 0.1) is 10.1 Å². The van der Waals surface area contributed by atoms with Crippen molar-refractivity contribution in [3.63, 3.8) is 0 Å². The van der Waals surface area contributed by atoms with E-state index in [4.69, 9.17) is 0 Å². The smallest absolute Gasteiger partial charge is 0.269 e. The summed E-state index contributed by atoms with van der Waals surface area (Å²) in [5.41, 5.74) is 0.519. The number of nitrogens with one attached hydrogen (secondary N) is 1. The maximum Gasteiger partial charge on any atom is 0.269 e. The quantitative estimate of drug-likeness (QED) is 0.464. The van der Waals surface area contributed by atoms with E-state index in [9.17, 15) is 14.9 Å². The van der Waals surface area contributed by atoms with Crippen molar-refractivity contribution in [2.75, 3.05) is 6.54 Å². The Labute approximate surface area is 92.6 Å². The first-order chi connectivity index (χ1) is 7.66. The number of ketones is 1. The number of nitro benzene ring substituents is 1. The highest BCUT2D eigenvalue weighted by Crippen LogP contribution is 2.18. The molecule has 0 atom stereocenters. The zero-order chi connectivity index (χ0) is 11.5. The largest absolute Gasteiger partial charge is 0.307 e. The lowest BCUT2D eigenvalue weighted by Crippen LogP contribution is -2.24. The third-order valence-electron chi connectivity index (χ3n) is 2.53. The molecule has 16 heavy (non-hydrogen) atoms. The number of non-ortho nitro benzene ring substituents is 1. The van der Waals surface area contributed by atoms with Gasteiger partial charge in [-0.3, -0.25) is 14.9 Å². The SMILES string of the molecule is O=C(CNC1CC1)c1ccc([N+](=O)[O-])cc1. The van der Waals surface area contributed by atoms with Crippen molar-refractivity contribution in [2.24, 2.45) is 0 Å². The van der Waals surface area contributed by atoms with E-state index in [1.54, 1.807) is 0 Å². The van der Waals surface area contributed by atoms with Crippen LogP contribution in [-0.4, -0.2) is 23.3 Å². The number of nitro groups is 1. The topological polar surface area (TPSA) is 72.2 Å². The predicted octanol–water partition coefficient (Wildman–Crippen LogP) is 1.53. The predicted molar refractivity (Wildman–Crippen MR) is 58.5 cm³/mol. The Morgan fingerprint density at radius 2 is 2.00 bits per heavy atom. The zero-order valence-electron chi connectivity index (χ0n) is 8.68. The number of Topliss-reactive ketones (excluding diaryl/α,β-unsaturated/α-hetero) is 1. The highest BCUT2D eigenvalue weighted by atomic mass is 16.6. The maximum atomic E-state index is 11.6. The first-order valence-corrected chi connectivity index (χ1v) is 5.18. The molecule has 1 fully saturated rings. The molecule has 1 N–H and O–H groups in total. The number of hydrogen-bond acceptors (Lipinski definition) is 4. The summed E-state index contributed by atoms with van der Waals surface area (Å²) in [5.74, 6) is -0.0261. The average Bonchev–Trinajstić information content (AvgIpc) is 3.10. The molecule has 0 saturated heterocycles. The van der Waals surface area contributed by atoms with Gasteiger partial charge in [0.1, 0.15) is 0 Å². The second-order valence-corrected chi connectivity index (χ2v) is 3.88. The summed E-state index contributed by atoms with van der Waals surface area (Å²) in [6.07, 6.45) is 2.26. The molecule has 0 heterocycles. The Morgan fingerprint density at radius 1 is 1.38 bits per heavy atom. The van der Waals surface area contributed by atoms with Crippen molar-refractivity contribution < 1.29 is 9.72 Å². The van der Waals surface area contributed by atoms with E-state index in [-0.39, 0.29) is 11.5 Å². The Morgan fingerprint density at radius 3 is 2.50 bits per heavy atom. The molecule has 84 valence electrons. The van der Waals surface area contributed by atoms with Crippen molar-refractivity contribution in [1.29, 1.82) is 0 Å². The summed E-state index contributed by atoms with van der Waals surface area (Å²) in [4.78, 5) is 21.6. The molecule has 5 nitrogen and oxygen atoms in total. The van der Waals surface area contributed by atoms with E-state index in [0.717, 1.165) is 12.8 Å². The summed E-state index contributed by atoms with van der Waals surface area (Å²) in [6.45, 7) is 0.308. The molecule has 5 heteroatoms. The van der Waals surface area contributed by atoms with Gasteiger partial charge in [-0.2, -0.15) is 0 Å². The van der Waals surface area contributed by atoms with Gasteiger partial charge in [0.25, 0.3) is 5.69 Å². The molecule has 1 aromatic carbocycles. The lowest BCUT2D eigenvalue weighted by Gasteiger charge is -2.01. The van der Waals surface area contributed by atoms with E-state index in [2.05, 4.69) is 5.32 Å². The molecule has 0 aromatic heterocycles. The van der Waals surface area contributed by atoms with Gasteiger partial charge in [0, 0.05) is 23.7 Å². The van der Waals surface area contributed by atoms with E-state index >= 15 is 0 Å². The number of carbonyl (C=O) groups is 1. The molecule has 1 aliphatic rings. The Hall–Kier alpha value is -1.75. The fraction of sp³-hybridized carbons (Fsp3) is 0.364. The Balaban J connectivity index is 1.96. The highest BCUT2D eigenvalue weighted by Gasteiger charge is 2.21. The monoisotopic (exact) mass is 220 g/mol. The number of carbonyl (C=O) groups excluding carboxylic acids is 1. The molecule has 1 saturated carbocycles. The molecule has 2 rings (SSSR count). The molecular formula is C11H12N2O3. The number of rotatable bonds is 5. The van der Waals surface area contributed by atoms with Crippen LogP contribution < -0.4 is 5.32 Å². The molecule has 0 radical (unpaired) electrons. The lowest BCUT2D eigenvalue weighted by molar-refractivity contribution is -0.384. The number of benzene rings is 1. The van der Waals surface area contributed by atoms with Crippen LogP contribution in [0.15, 0.2) is 24.3 Å². The van der Waals surface area contributed by atoms with Gasteiger partial charge in [-0.05, 0) is 25.0 Å². The van der Waals surface area contributed by atoms with Gasteiger partial charge in [0.05, 0.1) is 11.5 Å². The maximum absolute atomic E-state index is 11.6. The summed E-state index contributed by atoms with van der Waals surface area (Å²) in [6, 6.07) is 6.18. The lowest BCUT2D eigenvalue weighted by atomic mass is 10.1. The standard InChI is InChI=1S/C11H12N2O3/c14-11(7-12-9-3-4-9)8-1-5-10(6-2-8)13(15)16/h1-2,5-6,9,12H,3-4,7H2. The highest BCUT2D eigenvalue weighted by molar-refractivity contribution is 5.97. The summed E-state index contributed by atoms with van der Waals surface area (Å²) < 4.78 is 0. The number of nitrogens with zero attached hydrogens (tertiary/aromatic N) is 1. The van der Waals surface area contributed by atoms with Crippen LogP contribution in [0.5, 0.6) is 0 Å². The average molecular weight is 220 g/mol. The minimum atomic E-state index is -0.475. The fourth-order valence-corrected chi connectivity index (χ4v) is 1.40. The van der Waals surface area contributed by atoms with Crippen molar-refractivity contribution in [3.05, 3.63) is 39.9 Å². The van der Waals surface area contributed by atoms with Gasteiger partial charge in [-0.25, -0.2) is 0 Å². The number of hydrogen-bond donors (Lipinski definition) is 1. The van der Waals surface area contributed by atoms with E-state index in [1.807, 2.05) is 0 Å². The van der Waals surface area contributed by atoms with Gasteiger partial charge in [-0.15, -0.1) is 0 Å². The van der Waals surface area contributed by atoms with Gasteiger partial charge >= 0.3 is 0 Å². The van der Waals surface area contributed by atoms with Crippen molar-refractivity contribution >= 4 is 11.5 Å². The van der Waals surface area contributed by atoms with E-state index in [0.29, 0.717) is 18.2 Å². The molecule has 0 bridgehead atoms. The third kappa shape index (κ3) is 2.64. The molecule has 0 unspecified atom stereocenters. The van der Waals surface area contributed by atoms with Crippen molar-refractivity contribution in [3.8, 4) is 0 Å². The Kier molecular flexibility index (Phi) is 2.96. The van der Waals surface area contributed by atoms with Gasteiger partial charge in [0.15, 0.2) is 5.78 Å². The van der Waals surface area contributed by atoms with Crippen molar-refractivity contribution in [2.45, 2.75) is 18.9 Å². The van der Waals surface area contributed by atoms with Crippen LogP contribution in [0.25, 0.3) is 0 Å². The van der Waals surface area contributed by atoms with Gasteiger partial charge in [0.2, 0.25) is 0 Å². The molecule has 0 spiro atoms. The minimum Gasteiger partial charge on any atom is -0.307 e. The first-order valence-electron chi connectivity index (χ1n) is 5.18. The van der Waals surface area contributed by atoms with E-state index in [1.165, 1.54) is 24.3 Å². The zero-order valence-corrected chi connectivity index (χ0v) is 8.68. The molecule has 0 amide bonds. The van der Waals surface area contributed by atoms with Crippen LogP contribution in [0.1, 0.15) is 23.2 Å². The third-order valence-corrected chi connectivity index (χ3v) is 2.53. The molecular weight excluding hydrogens is 208 g/mol. The summed E-state index contributed by atoms with van der Waals surface area (Å²) in [7, 11) is 0. The van der Waals surface area contributed by atoms with Crippen LogP contribution in [0.2, 0.25) is 0 Å². The summed E-state index contributed by atoms with van der Waals surface area (Å²) in [5, 5.41) is 13.5. The van der Waals surface area contributed by atoms with Crippen molar-refractivity contribution in [1.82, 2.24) is 5.32 Å². The first kappa shape index (κ1) is 10.8. The van der Waals surface area contributed by atoms with Gasteiger partial charge < -0.3 is 5.32 Å². The van der Waals surface area contributed by atoms with Gasteiger partial charge in [-0.1, -0.05) is 0 Å². The second kappa shape index (κ2) is 4.40. The van der Waals surface area contributed by atoms with Crippen LogP contribution in [0.4, 0.5) is 5.69 Å². The second-order valence-electron chi connectivity index (χ2n) is 3.88. The molecule has 0 aliphatic heterocycles. The molecule has 1 aromatic rings. The van der Waals surface area contributed by atoms with Crippen LogP contribution >= 0.6 is 0 Å². The summed E-state index contributed by atoms with van der Waals surface area (Å²) >= 11 is 0. The molecule has 1 aliphatic carbocycles. The minimum absolute atomic E-state index is 0.00621. The van der Waals surface area contributed by atoms with E-state index < -0.39 is 4.92 Å². The Bertz CT molecular complexity index is 410.